The summed E-state index contributed by atoms with van der Waals surface area (Å²) in [4.78, 5) is 25.7. The number of anilines is 1. The van der Waals surface area contributed by atoms with Gasteiger partial charge < -0.3 is 19.9 Å². The first kappa shape index (κ1) is 27.7. The molecule has 0 aliphatic heterocycles. The van der Waals surface area contributed by atoms with Crippen molar-refractivity contribution >= 4 is 17.6 Å². The Morgan fingerprint density at radius 2 is 1.73 bits per heavy atom. The van der Waals surface area contributed by atoms with Crippen molar-refractivity contribution in [3.63, 3.8) is 0 Å². The number of nitrogens with zero attached hydrogens (tertiary/aromatic N) is 1. The van der Waals surface area contributed by atoms with Gasteiger partial charge >= 0.3 is 11.9 Å². The Labute approximate surface area is 216 Å². The zero-order valence-electron chi connectivity index (χ0n) is 21.8. The number of phenolic OH excluding ortho intramolecular Hbond substituents is 1. The van der Waals surface area contributed by atoms with Gasteiger partial charge in [-0.2, -0.15) is 0 Å². The molecule has 0 aliphatic rings. The average molecular weight is 509 g/mol. The van der Waals surface area contributed by atoms with Crippen LogP contribution in [0.1, 0.15) is 43.0 Å². The third-order valence-corrected chi connectivity index (χ3v) is 5.83. The summed E-state index contributed by atoms with van der Waals surface area (Å²) in [6, 6.07) is 15.1. The van der Waals surface area contributed by atoms with Crippen molar-refractivity contribution in [2.75, 3.05) is 11.9 Å². The second-order valence-corrected chi connectivity index (χ2v) is 9.13. The van der Waals surface area contributed by atoms with Gasteiger partial charge in [0.1, 0.15) is 23.1 Å². The summed E-state index contributed by atoms with van der Waals surface area (Å²) in [5.74, 6) is -0.782. The fourth-order valence-corrected chi connectivity index (χ4v) is 3.94. The number of esters is 1. The highest BCUT2D eigenvalue weighted by Crippen LogP contribution is 2.34. The second kappa shape index (κ2) is 12.4. The number of amides is 1. The monoisotopic (exact) mass is 508 g/mol. The van der Waals surface area contributed by atoms with E-state index in [-0.39, 0.29) is 24.2 Å². The van der Waals surface area contributed by atoms with Gasteiger partial charge in [-0.3, -0.25) is 9.69 Å². The summed E-state index contributed by atoms with van der Waals surface area (Å²) in [5, 5.41) is 13.1. The van der Waals surface area contributed by atoms with Gasteiger partial charge in [0.15, 0.2) is 0 Å². The van der Waals surface area contributed by atoms with Crippen LogP contribution in [0.15, 0.2) is 54.6 Å². The molecule has 196 valence electrons. The van der Waals surface area contributed by atoms with Gasteiger partial charge in [0.25, 0.3) is 0 Å². The maximum Gasteiger partial charge on any atom is 0.397 e. The molecule has 0 aromatic heterocycles. The normalized spacial score (nSPS) is 11.0. The lowest BCUT2D eigenvalue weighted by Crippen LogP contribution is -2.29. The van der Waals surface area contributed by atoms with Gasteiger partial charge in [-0.15, -0.1) is 0 Å². The average Bonchev–Trinajstić information content (AvgIpc) is 2.83. The van der Waals surface area contributed by atoms with Crippen molar-refractivity contribution in [1.29, 1.82) is 0 Å². The zero-order valence-corrected chi connectivity index (χ0v) is 21.8. The summed E-state index contributed by atoms with van der Waals surface area (Å²) in [5.41, 5.74) is 3.49. The van der Waals surface area contributed by atoms with E-state index < -0.39 is 11.9 Å². The molecule has 0 radical (unpaired) electrons. The topological polar surface area (TPSA) is 88.1 Å². The van der Waals surface area contributed by atoms with Crippen molar-refractivity contribution in [1.82, 2.24) is 4.90 Å². The molecule has 3 aromatic rings. The van der Waals surface area contributed by atoms with E-state index in [2.05, 4.69) is 10.2 Å². The first-order chi connectivity index (χ1) is 17.6. The van der Waals surface area contributed by atoms with Gasteiger partial charge in [-0.25, -0.2) is 9.18 Å². The van der Waals surface area contributed by atoms with Gasteiger partial charge in [0.05, 0.1) is 6.61 Å². The van der Waals surface area contributed by atoms with Crippen molar-refractivity contribution in [3.8, 4) is 17.2 Å². The van der Waals surface area contributed by atoms with E-state index >= 15 is 0 Å². The van der Waals surface area contributed by atoms with E-state index in [9.17, 15) is 19.1 Å². The fourth-order valence-electron chi connectivity index (χ4n) is 3.94. The van der Waals surface area contributed by atoms with Crippen LogP contribution in [0.5, 0.6) is 17.2 Å². The molecule has 0 spiro atoms. The lowest BCUT2D eigenvalue weighted by Gasteiger charge is -2.27. The number of carbonyl (C=O) groups is 2. The van der Waals surface area contributed by atoms with Crippen LogP contribution < -0.4 is 10.1 Å². The molecule has 0 heterocycles. The highest BCUT2D eigenvalue weighted by atomic mass is 19.1. The number of halogens is 1. The second-order valence-electron chi connectivity index (χ2n) is 9.13. The van der Waals surface area contributed by atoms with Gasteiger partial charge in [0, 0.05) is 30.4 Å². The van der Waals surface area contributed by atoms with Crippen molar-refractivity contribution in [2.45, 2.75) is 53.8 Å². The third-order valence-electron chi connectivity index (χ3n) is 5.83. The molecule has 1 amide bonds. The highest BCUT2D eigenvalue weighted by molar-refractivity contribution is 6.37. The highest BCUT2D eigenvalue weighted by Gasteiger charge is 2.18. The van der Waals surface area contributed by atoms with Crippen LogP contribution in [-0.4, -0.2) is 34.5 Å². The van der Waals surface area contributed by atoms with Crippen molar-refractivity contribution in [3.05, 3.63) is 82.7 Å². The van der Waals surface area contributed by atoms with Crippen LogP contribution in [0.4, 0.5) is 10.1 Å². The van der Waals surface area contributed by atoms with Crippen LogP contribution >= 0.6 is 0 Å². The number of ether oxygens (including phenoxy) is 2. The lowest BCUT2D eigenvalue weighted by atomic mass is 10.1. The fraction of sp³-hybridized carbons (Fsp3) is 0.310. The predicted octanol–water partition coefficient (Wildman–Crippen LogP) is 5.85. The van der Waals surface area contributed by atoms with E-state index in [0.29, 0.717) is 35.8 Å². The molecular weight excluding hydrogens is 475 g/mol. The number of nitrogens with one attached hydrogen (secondary N) is 1. The van der Waals surface area contributed by atoms with Crippen LogP contribution in [0.2, 0.25) is 0 Å². The molecule has 8 heteroatoms. The molecule has 0 saturated carbocycles. The number of phenols is 1. The zero-order chi connectivity index (χ0) is 27.1. The molecule has 3 aromatic carbocycles. The van der Waals surface area contributed by atoms with E-state index in [1.165, 1.54) is 12.1 Å². The number of rotatable bonds is 9. The minimum absolute atomic E-state index is 0.117. The lowest BCUT2D eigenvalue weighted by molar-refractivity contribution is -0.152. The molecule has 0 aliphatic carbocycles. The van der Waals surface area contributed by atoms with Gasteiger partial charge in [0.2, 0.25) is 0 Å². The standard InChI is InChI=1S/C29H33FN2O5/c1-6-36-29(35)28(34)31-24-12-19(4)27(20(5)13-24)37-25-10-11-26(33)22(15-25)17-32(18(2)3)16-21-8-7-9-23(30)14-21/h7-15,18,33H,6,16-17H2,1-5H3,(H,31,34). The van der Waals surface area contributed by atoms with E-state index in [0.717, 1.165) is 16.7 Å². The molecule has 0 unspecified atom stereocenters. The molecule has 2 N–H and O–H groups in total. The van der Waals surface area contributed by atoms with Crippen LogP contribution in [0.25, 0.3) is 0 Å². The van der Waals surface area contributed by atoms with Crippen molar-refractivity contribution < 1.29 is 28.6 Å². The molecule has 0 saturated heterocycles. The Balaban J connectivity index is 1.78. The van der Waals surface area contributed by atoms with Crippen LogP contribution in [0.3, 0.4) is 0 Å². The Kier molecular flexibility index (Phi) is 9.25. The number of hydrogen-bond donors (Lipinski definition) is 2. The predicted molar refractivity (Wildman–Crippen MR) is 140 cm³/mol. The minimum atomic E-state index is -0.942. The molecule has 3 rings (SSSR count). The molecule has 7 nitrogen and oxygen atoms in total. The molecule has 37 heavy (non-hydrogen) atoms. The quantitative estimate of drug-likeness (QED) is 0.278. The summed E-state index contributed by atoms with van der Waals surface area (Å²) in [6.45, 7) is 10.5. The van der Waals surface area contributed by atoms with E-state index in [1.807, 2.05) is 33.8 Å². The number of hydrogen-bond acceptors (Lipinski definition) is 6. The summed E-state index contributed by atoms with van der Waals surface area (Å²) in [6.07, 6.45) is 0. The summed E-state index contributed by atoms with van der Waals surface area (Å²) < 4.78 is 24.6. The van der Waals surface area contributed by atoms with Crippen LogP contribution in [-0.2, 0) is 27.4 Å². The third kappa shape index (κ3) is 7.54. The Bertz CT molecular complexity index is 1250. The van der Waals surface area contributed by atoms with E-state index in [1.54, 1.807) is 43.3 Å². The smallest absolute Gasteiger partial charge is 0.397 e. The molecular formula is C29H33FN2O5. The molecule has 0 atom stereocenters. The number of aryl methyl sites for hydroxylation is 2. The number of carbonyl (C=O) groups excluding carboxylic acids is 2. The van der Waals surface area contributed by atoms with Gasteiger partial charge in [-0.05, 0) is 93.8 Å². The van der Waals surface area contributed by atoms with Gasteiger partial charge in [-0.1, -0.05) is 12.1 Å². The Morgan fingerprint density at radius 3 is 2.35 bits per heavy atom. The maximum atomic E-state index is 13.7. The minimum Gasteiger partial charge on any atom is -0.508 e. The molecule has 0 bridgehead atoms. The SMILES string of the molecule is CCOC(=O)C(=O)Nc1cc(C)c(Oc2ccc(O)c(CN(Cc3cccc(F)c3)C(C)C)c2)c(C)c1. The maximum absolute atomic E-state index is 13.7. The first-order valence-electron chi connectivity index (χ1n) is 12.1. The summed E-state index contributed by atoms with van der Waals surface area (Å²) >= 11 is 0. The Hall–Kier alpha value is -3.91. The first-order valence-corrected chi connectivity index (χ1v) is 12.1. The number of aromatic hydroxyl groups is 1. The van der Waals surface area contributed by atoms with E-state index in [4.69, 9.17) is 9.47 Å². The van der Waals surface area contributed by atoms with Crippen molar-refractivity contribution in [2.24, 2.45) is 0 Å². The number of benzene rings is 3. The largest absolute Gasteiger partial charge is 0.508 e. The molecule has 0 fully saturated rings. The Morgan fingerprint density at radius 1 is 1.03 bits per heavy atom. The van der Waals surface area contributed by atoms with Crippen LogP contribution in [0, 0.1) is 19.7 Å². The summed E-state index contributed by atoms with van der Waals surface area (Å²) in [7, 11) is 0.